The van der Waals surface area contributed by atoms with Gasteiger partial charge < -0.3 is 19.7 Å². The van der Waals surface area contributed by atoms with Crippen molar-refractivity contribution < 1.29 is 19.7 Å². The molecule has 0 aliphatic heterocycles. The van der Waals surface area contributed by atoms with Crippen LogP contribution in [0.5, 0.6) is 0 Å². The van der Waals surface area contributed by atoms with Crippen molar-refractivity contribution in [2.75, 3.05) is 27.4 Å². The lowest BCUT2D eigenvalue weighted by molar-refractivity contribution is 0.0168. The van der Waals surface area contributed by atoms with Gasteiger partial charge in [0.25, 0.3) is 0 Å². The van der Waals surface area contributed by atoms with Crippen LogP contribution in [0.25, 0.3) is 0 Å². The largest absolute Gasteiger partial charge is 0.385 e. The van der Waals surface area contributed by atoms with Crippen LogP contribution in [-0.2, 0) is 20.7 Å². The van der Waals surface area contributed by atoms with E-state index in [1.165, 1.54) is 0 Å². The smallest absolute Gasteiger partial charge is 0.117 e. The van der Waals surface area contributed by atoms with Gasteiger partial charge in [0, 0.05) is 48.6 Å². The van der Waals surface area contributed by atoms with Gasteiger partial charge in [0.1, 0.15) is 11.2 Å². The molecular formula is C24H30Cl2O4. The molecule has 164 valence electrons. The third-order valence-electron chi connectivity index (χ3n) is 6.02. The van der Waals surface area contributed by atoms with Crippen molar-refractivity contribution in [3.63, 3.8) is 0 Å². The first-order valence-electron chi connectivity index (χ1n) is 10.4. The molecule has 6 heteroatoms. The highest BCUT2D eigenvalue weighted by atomic mass is 35.5. The minimum atomic E-state index is -1.33. The van der Waals surface area contributed by atoms with Crippen LogP contribution < -0.4 is 0 Å². The second-order valence-electron chi connectivity index (χ2n) is 7.95. The summed E-state index contributed by atoms with van der Waals surface area (Å²) >= 11 is 13.3. The zero-order valence-electron chi connectivity index (χ0n) is 17.6. The monoisotopic (exact) mass is 452 g/mol. The molecule has 0 heterocycles. The average molecular weight is 453 g/mol. The lowest BCUT2D eigenvalue weighted by Crippen LogP contribution is -2.43. The van der Waals surface area contributed by atoms with Gasteiger partial charge >= 0.3 is 0 Å². The van der Waals surface area contributed by atoms with E-state index in [0.717, 1.165) is 25.7 Å². The molecule has 2 unspecified atom stereocenters. The number of hydrogen-bond donors (Lipinski definition) is 2. The first-order chi connectivity index (χ1) is 14.4. The zero-order valence-corrected chi connectivity index (χ0v) is 19.1. The standard InChI is InChI=1S/C24H30Cl2O4/c1-29-15-5-3-13-23(27)17-9-7-12-20(26)22(17)24(28,14-4-6-16-30-2)18-10-8-11-19(25)21(18)23/h7-12,27-28H,3-6,13-16H2,1-2H3. The average Bonchev–Trinajstić information content (AvgIpc) is 2.73. The van der Waals surface area contributed by atoms with E-state index in [2.05, 4.69) is 0 Å². The Bertz CT molecular complexity index is 801. The Hall–Kier alpha value is -1.14. The number of ether oxygens (including phenoxy) is 2. The molecule has 0 bridgehead atoms. The molecule has 30 heavy (non-hydrogen) atoms. The minimum absolute atomic E-state index is 0.447. The summed E-state index contributed by atoms with van der Waals surface area (Å²) in [5, 5.41) is 24.9. The highest BCUT2D eigenvalue weighted by molar-refractivity contribution is 6.32. The van der Waals surface area contributed by atoms with Gasteiger partial charge in [-0.05, 0) is 61.8 Å². The lowest BCUT2D eigenvalue weighted by atomic mass is 9.65. The fourth-order valence-electron chi connectivity index (χ4n) is 4.62. The van der Waals surface area contributed by atoms with E-state index >= 15 is 0 Å². The summed E-state index contributed by atoms with van der Waals surface area (Å²) in [6.07, 6.45) is 4.03. The molecular weight excluding hydrogens is 423 g/mol. The summed E-state index contributed by atoms with van der Waals surface area (Å²) in [7, 11) is 3.33. The second kappa shape index (κ2) is 9.99. The van der Waals surface area contributed by atoms with E-state index in [-0.39, 0.29) is 0 Å². The zero-order chi connectivity index (χ0) is 21.8. The van der Waals surface area contributed by atoms with Crippen molar-refractivity contribution in [2.45, 2.75) is 49.7 Å². The Morgan fingerprint density at radius 2 is 1.10 bits per heavy atom. The Kier molecular flexibility index (Phi) is 7.83. The van der Waals surface area contributed by atoms with Crippen molar-refractivity contribution in [3.8, 4) is 0 Å². The first kappa shape index (κ1) is 23.5. The van der Waals surface area contributed by atoms with E-state index in [9.17, 15) is 10.2 Å². The second-order valence-corrected chi connectivity index (χ2v) is 8.76. The predicted octanol–water partition coefficient (Wildman–Crippen LogP) is 5.41. The molecule has 2 atom stereocenters. The Labute approximate surface area is 188 Å². The van der Waals surface area contributed by atoms with Crippen LogP contribution in [0.4, 0.5) is 0 Å². The van der Waals surface area contributed by atoms with Gasteiger partial charge in [0.15, 0.2) is 0 Å². The molecule has 2 aromatic carbocycles. The van der Waals surface area contributed by atoms with Crippen LogP contribution in [0.3, 0.4) is 0 Å². The maximum atomic E-state index is 12.0. The van der Waals surface area contributed by atoms with Gasteiger partial charge in [-0.1, -0.05) is 47.5 Å². The Morgan fingerprint density at radius 1 is 0.700 bits per heavy atom. The molecule has 0 spiro atoms. The van der Waals surface area contributed by atoms with Gasteiger partial charge in [-0.3, -0.25) is 0 Å². The van der Waals surface area contributed by atoms with Gasteiger partial charge in [0.05, 0.1) is 0 Å². The summed E-state index contributed by atoms with van der Waals surface area (Å²) in [5.74, 6) is 0. The third-order valence-corrected chi connectivity index (χ3v) is 6.65. The van der Waals surface area contributed by atoms with Gasteiger partial charge in [-0.2, -0.15) is 0 Å². The first-order valence-corrected chi connectivity index (χ1v) is 11.2. The molecule has 2 N–H and O–H groups in total. The fraction of sp³-hybridized carbons (Fsp3) is 0.500. The Balaban J connectivity index is 2.14. The third kappa shape index (κ3) is 4.27. The van der Waals surface area contributed by atoms with Crippen molar-refractivity contribution in [1.82, 2.24) is 0 Å². The number of rotatable bonds is 10. The highest BCUT2D eigenvalue weighted by Gasteiger charge is 2.50. The van der Waals surface area contributed by atoms with Crippen molar-refractivity contribution in [2.24, 2.45) is 0 Å². The van der Waals surface area contributed by atoms with Crippen LogP contribution >= 0.6 is 23.2 Å². The Morgan fingerprint density at radius 3 is 1.47 bits per heavy atom. The summed E-state index contributed by atoms with van der Waals surface area (Å²) in [4.78, 5) is 0. The van der Waals surface area contributed by atoms with Gasteiger partial charge in [-0.25, -0.2) is 0 Å². The fourth-order valence-corrected chi connectivity index (χ4v) is 5.28. The number of hydrogen-bond acceptors (Lipinski definition) is 4. The molecule has 3 rings (SSSR count). The van der Waals surface area contributed by atoms with Crippen molar-refractivity contribution in [1.29, 1.82) is 0 Å². The molecule has 0 aromatic heterocycles. The summed E-state index contributed by atoms with van der Waals surface area (Å²) in [6, 6.07) is 10.9. The molecule has 0 saturated carbocycles. The normalized spacial score (nSPS) is 22.6. The summed E-state index contributed by atoms with van der Waals surface area (Å²) in [6.45, 7) is 1.24. The van der Waals surface area contributed by atoms with Crippen LogP contribution in [0, 0.1) is 0 Å². The van der Waals surface area contributed by atoms with Crippen LogP contribution in [-0.4, -0.2) is 37.6 Å². The van der Waals surface area contributed by atoms with E-state index < -0.39 is 11.2 Å². The van der Waals surface area contributed by atoms with Crippen LogP contribution in [0.1, 0.15) is 60.8 Å². The maximum absolute atomic E-state index is 12.0. The van der Waals surface area contributed by atoms with E-state index in [4.69, 9.17) is 32.7 Å². The van der Waals surface area contributed by atoms with Crippen LogP contribution in [0.2, 0.25) is 10.0 Å². The molecule has 0 fully saturated rings. The minimum Gasteiger partial charge on any atom is -0.385 e. The quantitative estimate of drug-likeness (QED) is 0.472. The highest BCUT2D eigenvalue weighted by Crippen LogP contribution is 2.55. The van der Waals surface area contributed by atoms with E-state index in [1.807, 2.05) is 24.3 Å². The van der Waals surface area contributed by atoms with E-state index in [1.54, 1.807) is 26.4 Å². The molecule has 0 amide bonds. The van der Waals surface area contributed by atoms with Crippen molar-refractivity contribution >= 4 is 23.2 Å². The molecule has 0 radical (unpaired) electrons. The summed E-state index contributed by atoms with van der Waals surface area (Å²) in [5.41, 5.74) is -0.258. The van der Waals surface area contributed by atoms with Gasteiger partial charge in [0.2, 0.25) is 0 Å². The number of halogens is 2. The maximum Gasteiger partial charge on any atom is 0.117 e. The molecule has 2 aromatic rings. The van der Waals surface area contributed by atoms with Crippen LogP contribution in [0.15, 0.2) is 36.4 Å². The van der Waals surface area contributed by atoms with Crippen molar-refractivity contribution in [3.05, 3.63) is 68.7 Å². The number of benzene rings is 2. The van der Waals surface area contributed by atoms with Gasteiger partial charge in [-0.15, -0.1) is 0 Å². The number of aliphatic hydroxyl groups is 2. The molecule has 1 aliphatic carbocycles. The SMILES string of the molecule is COCCCCC1(O)c2cccc(Cl)c2C(O)(CCCCOC)c2cccc(Cl)c21. The molecule has 1 aliphatic rings. The topological polar surface area (TPSA) is 58.9 Å². The predicted molar refractivity (Wildman–Crippen MR) is 120 cm³/mol. The van der Waals surface area contributed by atoms with E-state index in [0.29, 0.717) is 58.4 Å². The molecule has 4 nitrogen and oxygen atoms in total. The molecule has 0 saturated heterocycles. The summed E-state index contributed by atoms with van der Waals surface area (Å²) < 4.78 is 10.3. The number of methoxy groups -OCH3 is 2. The number of unbranched alkanes of at least 4 members (excludes halogenated alkanes) is 2. The lowest BCUT2D eigenvalue weighted by Gasteiger charge is -2.45. The number of fused-ring (bicyclic) bond motifs is 2.